The van der Waals surface area contributed by atoms with E-state index in [1.807, 2.05) is 23.9 Å². The van der Waals surface area contributed by atoms with E-state index in [4.69, 9.17) is 23.2 Å². The lowest BCUT2D eigenvalue weighted by atomic mass is 9.80. The Labute approximate surface area is 168 Å². The highest BCUT2D eigenvalue weighted by Crippen LogP contribution is 2.39. The van der Waals surface area contributed by atoms with E-state index in [0.717, 1.165) is 16.8 Å². The Kier molecular flexibility index (Phi) is 4.80. The van der Waals surface area contributed by atoms with Crippen LogP contribution < -0.4 is 9.80 Å². The second-order valence-electron chi connectivity index (χ2n) is 7.02. The van der Waals surface area contributed by atoms with Gasteiger partial charge in [0.25, 0.3) is 0 Å². The number of urea groups is 1. The number of amides is 2. The van der Waals surface area contributed by atoms with Crippen molar-refractivity contribution in [3.63, 3.8) is 0 Å². The largest absolute Gasteiger partial charge is 0.437 e. The van der Waals surface area contributed by atoms with Crippen LogP contribution in [-0.4, -0.2) is 47.0 Å². The molecule has 4 rings (SSSR count). The molecule has 1 N–H and O–H groups in total. The molecule has 0 radical (unpaired) electrons. The van der Waals surface area contributed by atoms with Crippen LogP contribution >= 0.6 is 23.2 Å². The number of para-hydroxylation sites is 1. The van der Waals surface area contributed by atoms with Crippen LogP contribution in [0.5, 0.6) is 0 Å². The van der Waals surface area contributed by atoms with Crippen molar-refractivity contribution in [2.45, 2.75) is 26.3 Å². The minimum Gasteiger partial charge on any atom is -0.437 e. The number of carbonyl (C=O) groups excluding carboxylic acids is 1. The van der Waals surface area contributed by atoms with Crippen LogP contribution in [0.1, 0.15) is 11.1 Å². The lowest BCUT2D eigenvalue weighted by Gasteiger charge is -2.49. The Morgan fingerprint density at radius 1 is 1.30 bits per heavy atom. The number of anilines is 2. The molecule has 0 bridgehead atoms. The van der Waals surface area contributed by atoms with E-state index in [-0.39, 0.29) is 12.1 Å². The van der Waals surface area contributed by atoms with Crippen molar-refractivity contribution < 1.29 is 9.82 Å². The van der Waals surface area contributed by atoms with Gasteiger partial charge in [0.2, 0.25) is 0 Å². The summed E-state index contributed by atoms with van der Waals surface area (Å²) < 4.78 is 0. The number of hydrogen-bond donors (Lipinski definition) is 1. The van der Waals surface area contributed by atoms with Crippen LogP contribution in [0, 0.1) is 6.92 Å². The van der Waals surface area contributed by atoms with Crippen LogP contribution in [-0.2, 0) is 6.54 Å². The van der Waals surface area contributed by atoms with Crippen LogP contribution in [0.4, 0.5) is 16.2 Å². The maximum Gasteiger partial charge on any atom is 0.376 e. The average Bonchev–Trinajstić information content (AvgIpc) is 2.56. The molecule has 1 fully saturated rings. The highest BCUT2D eigenvalue weighted by molar-refractivity contribution is 6.45. The molecule has 1 aromatic heterocycles. The molecule has 2 aliphatic rings. The van der Waals surface area contributed by atoms with Crippen molar-refractivity contribution in [1.29, 1.82) is 0 Å². The predicted molar refractivity (Wildman–Crippen MR) is 109 cm³/mol. The first kappa shape index (κ1) is 18.6. The van der Waals surface area contributed by atoms with Crippen LogP contribution in [0.2, 0.25) is 17.0 Å². The van der Waals surface area contributed by atoms with Crippen molar-refractivity contribution in [3.8, 4) is 0 Å². The van der Waals surface area contributed by atoms with Gasteiger partial charge in [0.15, 0.2) is 0 Å². The third-order valence-electron chi connectivity index (χ3n) is 5.20. The number of nitrogens with zero attached hydrogens (tertiary/aromatic N) is 4. The molecule has 1 saturated heterocycles. The molecular weight excluding hydrogens is 386 g/mol. The second kappa shape index (κ2) is 6.98. The molecule has 1 aromatic carbocycles. The first-order valence-electron chi connectivity index (χ1n) is 8.79. The van der Waals surface area contributed by atoms with Gasteiger partial charge in [0.05, 0.1) is 29.0 Å². The second-order valence-corrected chi connectivity index (χ2v) is 7.81. The van der Waals surface area contributed by atoms with E-state index >= 15 is 0 Å². The molecule has 0 saturated carbocycles. The highest BCUT2D eigenvalue weighted by Gasteiger charge is 2.43. The summed E-state index contributed by atoms with van der Waals surface area (Å²) in [6, 6.07) is 7.14. The van der Waals surface area contributed by atoms with Crippen LogP contribution in [0.25, 0.3) is 0 Å². The van der Waals surface area contributed by atoms with E-state index in [1.165, 1.54) is 0 Å². The summed E-state index contributed by atoms with van der Waals surface area (Å²) in [4.78, 5) is 23.0. The molecular formula is C18H19BCl2N4O2. The quantitative estimate of drug-likeness (QED) is 0.628. The fourth-order valence-corrected chi connectivity index (χ4v) is 4.19. The van der Waals surface area contributed by atoms with E-state index in [0.29, 0.717) is 35.5 Å². The maximum atomic E-state index is 13.5. The molecule has 2 aliphatic heterocycles. The molecule has 0 unspecified atom stereocenters. The number of rotatable bonds is 3. The van der Waals surface area contributed by atoms with Crippen molar-refractivity contribution >= 4 is 47.7 Å². The Morgan fingerprint density at radius 3 is 2.70 bits per heavy atom. The standard InChI is InChI=1S/C18H19BCl2N4O2/c1-11-4-3-5-14(20)17(11)24-8-12-7-22-16(21)6-15(12)25(18(24)26)13-9-23(10-13)19(2)27/h3-7,13,27H,8-10H2,1-2H3. The zero-order valence-electron chi connectivity index (χ0n) is 15.1. The third kappa shape index (κ3) is 3.19. The highest BCUT2D eigenvalue weighted by atomic mass is 35.5. The number of aryl methyl sites for hydroxylation is 1. The van der Waals surface area contributed by atoms with Gasteiger partial charge in [-0.2, -0.15) is 0 Å². The molecule has 2 aromatic rings. The van der Waals surface area contributed by atoms with Crippen molar-refractivity contribution in [3.05, 3.63) is 51.8 Å². The summed E-state index contributed by atoms with van der Waals surface area (Å²) >= 11 is 12.5. The summed E-state index contributed by atoms with van der Waals surface area (Å²) in [7, 11) is -0.538. The summed E-state index contributed by atoms with van der Waals surface area (Å²) in [6.45, 7) is 5.23. The van der Waals surface area contributed by atoms with Crippen molar-refractivity contribution in [1.82, 2.24) is 9.79 Å². The van der Waals surface area contributed by atoms with Crippen LogP contribution in [0.15, 0.2) is 30.5 Å². The van der Waals surface area contributed by atoms with Gasteiger partial charge >= 0.3 is 13.1 Å². The maximum absolute atomic E-state index is 13.5. The predicted octanol–water partition coefficient (Wildman–Crippen LogP) is 3.44. The molecule has 6 nitrogen and oxygen atoms in total. The topological polar surface area (TPSA) is 59.9 Å². The number of carbonyl (C=O) groups is 1. The molecule has 27 heavy (non-hydrogen) atoms. The Hall–Kier alpha value is -1.80. The van der Waals surface area contributed by atoms with E-state index in [1.54, 1.807) is 35.0 Å². The summed E-state index contributed by atoms with van der Waals surface area (Å²) in [5, 5.41) is 10.6. The number of hydrogen-bond acceptors (Lipinski definition) is 4. The first-order valence-corrected chi connectivity index (χ1v) is 9.54. The molecule has 0 spiro atoms. The lowest BCUT2D eigenvalue weighted by Crippen LogP contribution is -2.67. The molecule has 3 heterocycles. The normalized spacial score (nSPS) is 17.7. The Bertz CT molecular complexity index is 885. The fraction of sp³-hybridized carbons (Fsp3) is 0.333. The van der Waals surface area contributed by atoms with Gasteiger partial charge in [-0.05, 0) is 31.4 Å². The van der Waals surface area contributed by atoms with E-state index in [2.05, 4.69) is 4.98 Å². The van der Waals surface area contributed by atoms with Gasteiger partial charge in [-0.15, -0.1) is 0 Å². The van der Waals surface area contributed by atoms with Crippen molar-refractivity contribution in [2.75, 3.05) is 22.9 Å². The average molecular weight is 405 g/mol. The molecule has 140 valence electrons. The third-order valence-corrected chi connectivity index (χ3v) is 5.71. The Morgan fingerprint density at radius 2 is 2.04 bits per heavy atom. The zero-order chi connectivity index (χ0) is 19.3. The van der Waals surface area contributed by atoms with Crippen LogP contribution in [0.3, 0.4) is 0 Å². The van der Waals surface area contributed by atoms with Gasteiger partial charge < -0.3 is 9.83 Å². The monoisotopic (exact) mass is 404 g/mol. The lowest BCUT2D eigenvalue weighted by molar-refractivity contribution is 0.210. The molecule has 0 atom stereocenters. The molecule has 0 aliphatic carbocycles. The number of fused-ring (bicyclic) bond motifs is 1. The van der Waals surface area contributed by atoms with Gasteiger partial charge in [-0.25, -0.2) is 9.78 Å². The number of pyridine rings is 1. The first-order chi connectivity index (χ1) is 12.9. The Balaban J connectivity index is 1.76. The number of halogens is 2. The van der Waals surface area contributed by atoms with Crippen molar-refractivity contribution in [2.24, 2.45) is 0 Å². The molecule has 2 amide bonds. The minimum atomic E-state index is -0.538. The summed E-state index contributed by atoms with van der Waals surface area (Å²) in [5.41, 5.74) is 3.33. The number of aromatic nitrogens is 1. The van der Waals surface area contributed by atoms with Gasteiger partial charge in [-0.3, -0.25) is 9.80 Å². The van der Waals surface area contributed by atoms with E-state index < -0.39 is 7.05 Å². The number of benzene rings is 1. The SMILES string of the molecule is CB(O)N1CC(N2C(=O)N(c3c(C)cccc3Cl)Cc3cnc(Cl)cc32)C1. The van der Waals surface area contributed by atoms with Gasteiger partial charge in [0, 0.05) is 24.8 Å². The van der Waals surface area contributed by atoms with Gasteiger partial charge in [0.1, 0.15) is 5.15 Å². The fourth-order valence-electron chi connectivity index (χ4n) is 3.71. The van der Waals surface area contributed by atoms with Gasteiger partial charge in [-0.1, -0.05) is 35.3 Å². The smallest absolute Gasteiger partial charge is 0.376 e. The van der Waals surface area contributed by atoms with E-state index in [9.17, 15) is 9.82 Å². The minimum absolute atomic E-state index is 0.0464. The summed E-state index contributed by atoms with van der Waals surface area (Å²) in [6.07, 6.45) is 1.71. The molecule has 9 heteroatoms. The summed E-state index contributed by atoms with van der Waals surface area (Å²) in [5.74, 6) is 0. The zero-order valence-corrected chi connectivity index (χ0v) is 16.6.